The summed E-state index contributed by atoms with van der Waals surface area (Å²) in [4.78, 5) is 28.2. The summed E-state index contributed by atoms with van der Waals surface area (Å²) in [5.74, 6) is 0.824. The van der Waals surface area contributed by atoms with Crippen LogP contribution in [-0.4, -0.2) is 48.6 Å². The maximum atomic E-state index is 12.2. The van der Waals surface area contributed by atoms with E-state index in [9.17, 15) is 4.79 Å². The summed E-state index contributed by atoms with van der Waals surface area (Å²) in [5, 5.41) is 7.03. The van der Waals surface area contributed by atoms with Gasteiger partial charge in [-0.05, 0) is 51.0 Å². The molecule has 1 aliphatic rings. The highest BCUT2D eigenvalue weighted by atomic mass is 35.5. The number of fused-ring (bicyclic) bond motifs is 1. The number of nitrogens with zero attached hydrogens (tertiary/aromatic N) is 6. The molecule has 9 nitrogen and oxygen atoms in total. The van der Waals surface area contributed by atoms with E-state index in [1.165, 1.54) is 12.4 Å². The molecule has 36 heavy (non-hydrogen) atoms. The zero-order valence-corrected chi connectivity index (χ0v) is 21.6. The lowest BCUT2D eigenvalue weighted by Gasteiger charge is -2.32. The first-order valence-electron chi connectivity index (χ1n) is 11.6. The Morgan fingerprint density at radius 3 is 2.92 bits per heavy atom. The fourth-order valence-corrected chi connectivity index (χ4v) is 5.64. The van der Waals surface area contributed by atoms with Crippen molar-refractivity contribution in [3.63, 3.8) is 0 Å². The molecule has 2 N–H and O–H groups in total. The molecule has 4 aromatic rings. The van der Waals surface area contributed by atoms with E-state index in [0.29, 0.717) is 53.0 Å². The summed E-state index contributed by atoms with van der Waals surface area (Å²) in [5.41, 5.74) is 9.29. The first-order valence-corrected chi connectivity index (χ1v) is 12.8. The minimum Gasteiger partial charge on any atom is -0.486 e. The van der Waals surface area contributed by atoms with E-state index in [0.717, 1.165) is 34.0 Å². The van der Waals surface area contributed by atoms with Gasteiger partial charge in [0.2, 0.25) is 5.91 Å². The topological polar surface area (TPSA) is 112 Å². The molecule has 1 atom stereocenters. The van der Waals surface area contributed by atoms with E-state index < -0.39 is 0 Å². The zero-order valence-electron chi connectivity index (χ0n) is 20.1. The molecule has 1 saturated heterocycles. The molecule has 1 unspecified atom stereocenters. The number of nitrogens with two attached hydrogens (primary N) is 1. The third kappa shape index (κ3) is 4.54. The van der Waals surface area contributed by atoms with Gasteiger partial charge in [-0.25, -0.2) is 19.6 Å². The number of anilines is 1. The second kappa shape index (κ2) is 9.87. The van der Waals surface area contributed by atoms with Crippen LogP contribution in [0.15, 0.2) is 37.2 Å². The molecule has 0 bridgehead atoms. The van der Waals surface area contributed by atoms with Gasteiger partial charge in [-0.3, -0.25) is 4.79 Å². The molecule has 186 valence electrons. The number of aryl methyl sites for hydroxylation is 2. The van der Waals surface area contributed by atoms with E-state index in [1.807, 2.05) is 36.7 Å². The SMILES string of the molecule is C=CC(=O)N1CCCC(n2nc(-c3ccc(OCc4sc(C)nc4C)c(Cl)c3)c3c(N)ncnc32)C1. The number of aromatic nitrogens is 5. The van der Waals surface area contributed by atoms with Gasteiger partial charge in [0.25, 0.3) is 0 Å². The van der Waals surface area contributed by atoms with Gasteiger partial charge >= 0.3 is 0 Å². The molecule has 1 amide bonds. The largest absolute Gasteiger partial charge is 0.486 e. The molecule has 0 radical (unpaired) electrons. The minimum absolute atomic E-state index is 0.0441. The second-order valence-corrected chi connectivity index (χ2v) is 10.4. The van der Waals surface area contributed by atoms with Crippen molar-refractivity contribution in [2.45, 2.75) is 39.3 Å². The molecule has 0 saturated carbocycles. The predicted molar refractivity (Wildman–Crippen MR) is 141 cm³/mol. The van der Waals surface area contributed by atoms with E-state index in [1.54, 1.807) is 16.2 Å². The number of piperidine rings is 1. The maximum absolute atomic E-state index is 12.2. The van der Waals surface area contributed by atoms with Crippen LogP contribution in [0.25, 0.3) is 22.3 Å². The smallest absolute Gasteiger partial charge is 0.246 e. The number of halogens is 1. The number of rotatable bonds is 6. The quantitative estimate of drug-likeness (QED) is 0.363. The Hall–Kier alpha value is -3.50. The lowest BCUT2D eigenvalue weighted by atomic mass is 10.1. The van der Waals surface area contributed by atoms with Crippen molar-refractivity contribution in [2.75, 3.05) is 18.8 Å². The minimum atomic E-state index is -0.0865. The van der Waals surface area contributed by atoms with Gasteiger partial charge in [0.05, 0.1) is 32.0 Å². The summed E-state index contributed by atoms with van der Waals surface area (Å²) in [6.45, 7) is 9.18. The number of likely N-dealkylation sites (tertiary alicyclic amines) is 1. The fraction of sp³-hybridized carbons (Fsp3) is 0.320. The average Bonchev–Trinajstić information content (AvgIpc) is 3.42. The lowest BCUT2D eigenvalue weighted by molar-refractivity contribution is -0.127. The molecule has 4 heterocycles. The highest BCUT2D eigenvalue weighted by molar-refractivity contribution is 7.11. The first kappa shape index (κ1) is 24.2. The predicted octanol–water partition coefficient (Wildman–Crippen LogP) is 4.73. The third-order valence-corrected chi connectivity index (χ3v) is 7.65. The number of carbonyl (C=O) groups excluding carboxylic acids is 1. The van der Waals surface area contributed by atoms with E-state index in [4.69, 9.17) is 27.2 Å². The van der Waals surface area contributed by atoms with Gasteiger partial charge in [-0.15, -0.1) is 11.3 Å². The van der Waals surface area contributed by atoms with Crippen LogP contribution in [0.4, 0.5) is 5.82 Å². The van der Waals surface area contributed by atoms with E-state index in [2.05, 4.69) is 21.5 Å². The average molecular weight is 524 g/mol. The number of hydrogen-bond acceptors (Lipinski definition) is 8. The Morgan fingerprint density at radius 2 is 2.19 bits per heavy atom. The van der Waals surface area contributed by atoms with Gasteiger partial charge in [0.1, 0.15) is 30.2 Å². The van der Waals surface area contributed by atoms with E-state index >= 15 is 0 Å². The number of carbonyl (C=O) groups is 1. The molecule has 1 aromatic carbocycles. The van der Waals surface area contributed by atoms with Crippen molar-refractivity contribution < 1.29 is 9.53 Å². The fourth-order valence-electron chi connectivity index (χ4n) is 4.55. The van der Waals surface area contributed by atoms with Crippen molar-refractivity contribution in [3.05, 3.63) is 57.8 Å². The number of nitrogen functional groups attached to an aromatic ring is 1. The van der Waals surface area contributed by atoms with Crippen molar-refractivity contribution in [1.82, 2.24) is 29.6 Å². The monoisotopic (exact) mass is 523 g/mol. The van der Waals surface area contributed by atoms with Crippen LogP contribution in [0.1, 0.15) is 34.5 Å². The Morgan fingerprint density at radius 1 is 1.36 bits per heavy atom. The Labute approximate surface area is 217 Å². The van der Waals surface area contributed by atoms with Gasteiger partial charge < -0.3 is 15.4 Å². The Bertz CT molecular complexity index is 1460. The second-order valence-electron chi connectivity index (χ2n) is 8.71. The van der Waals surface area contributed by atoms with Crippen molar-refractivity contribution >= 4 is 45.7 Å². The van der Waals surface area contributed by atoms with Gasteiger partial charge in [-0.1, -0.05) is 18.2 Å². The zero-order chi connectivity index (χ0) is 25.4. The van der Waals surface area contributed by atoms with Crippen LogP contribution in [0.2, 0.25) is 5.02 Å². The summed E-state index contributed by atoms with van der Waals surface area (Å²) in [6.07, 6.45) is 4.50. The number of thiazole rings is 1. The number of ether oxygens (including phenoxy) is 1. The maximum Gasteiger partial charge on any atom is 0.246 e. The van der Waals surface area contributed by atoms with Crippen molar-refractivity contribution in [1.29, 1.82) is 0 Å². The molecule has 1 fully saturated rings. The van der Waals surface area contributed by atoms with E-state index in [-0.39, 0.29) is 11.9 Å². The summed E-state index contributed by atoms with van der Waals surface area (Å²) in [6, 6.07) is 5.50. The van der Waals surface area contributed by atoms with Crippen LogP contribution in [0.3, 0.4) is 0 Å². The number of amides is 1. The number of hydrogen-bond donors (Lipinski definition) is 1. The van der Waals surface area contributed by atoms with Crippen LogP contribution in [0, 0.1) is 13.8 Å². The van der Waals surface area contributed by atoms with Crippen LogP contribution in [0.5, 0.6) is 5.75 Å². The third-order valence-electron chi connectivity index (χ3n) is 6.31. The standard InChI is InChI=1S/C25H26ClN7O2S/c1-4-21(34)32-9-5-6-17(11-32)33-25-22(24(27)28-13-29-25)23(31-33)16-7-8-19(18(26)10-16)35-12-20-14(2)30-15(3)36-20/h4,7-8,10,13,17H,1,5-6,9,11-12H2,2-3H3,(H2,27,28,29). The summed E-state index contributed by atoms with van der Waals surface area (Å²) >= 11 is 8.23. The highest BCUT2D eigenvalue weighted by Crippen LogP contribution is 2.37. The van der Waals surface area contributed by atoms with Gasteiger partial charge in [-0.2, -0.15) is 5.10 Å². The highest BCUT2D eigenvalue weighted by Gasteiger charge is 2.28. The summed E-state index contributed by atoms with van der Waals surface area (Å²) < 4.78 is 7.84. The molecule has 0 aliphatic carbocycles. The molecule has 0 spiro atoms. The normalized spacial score (nSPS) is 15.9. The van der Waals surface area contributed by atoms with Crippen LogP contribution < -0.4 is 10.5 Å². The Kier molecular flexibility index (Phi) is 6.63. The summed E-state index contributed by atoms with van der Waals surface area (Å²) in [7, 11) is 0. The molecule has 1 aliphatic heterocycles. The molecular weight excluding hydrogens is 498 g/mol. The van der Waals surface area contributed by atoms with Crippen molar-refractivity contribution in [3.8, 4) is 17.0 Å². The Balaban J connectivity index is 1.47. The van der Waals surface area contributed by atoms with Crippen LogP contribution in [-0.2, 0) is 11.4 Å². The molecular formula is C25H26ClN7O2S. The van der Waals surface area contributed by atoms with Crippen molar-refractivity contribution in [2.24, 2.45) is 0 Å². The first-order chi connectivity index (χ1) is 17.4. The van der Waals surface area contributed by atoms with Gasteiger partial charge in [0, 0.05) is 18.7 Å². The molecule has 5 rings (SSSR count). The van der Waals surface area contributed by atoms with Gasteiger partial charge in [0.15, 0.2) is 5.65 Å². The van der Waals surface area contributed by atoms with Crippen LogP contribution >= 0.6 is 22.9 Å². The number of benzene rings is 1. The molecule has 11 heteroatoms. The molecule has 3 aromatic heterocycles. The lowest BCUT2D eigenvalue weighted by Crippen LogP contribution is -2.40.